The normalized spacial score (nSPS) is 13.0. The highest BCUT2D eigenvalue weighted by Gasteiger charge is 2.15. The molecule has 0 saturated heterocycles. The molecule has 3 nitrogen and oxygen atoms in total. The lowest BCUT2D eigenvalue weighted by Gasteiger charge is -2.19. The van der Waals surface area contributed by atoms with Crippen LogP contribution in [0.25, 0.3) is 0 Å². The van der Waals surface area contributed by atoms with Crippen LogP contribution < -0.4 is 11.1 Å². The molecule has 0 heterocycles. The molecule has 1 aliphatic carbocycles. The molecule has 4 heteroatoms. The van der Waals surface area contributed by atoms with Gasteiger partial charge in [-0.1, -0.05) is 24.3 Å². The average molecular weight is 317 g/mol. The number of carbonyl (C=O) groups is 1. The SMILES string of the molecule is Cl.NCc1ccc(C(=O)Nc2cccc3c2CCCC3)cc1. The monoisotopic (exact) mass is 316 g/mol. The minimum absolute atomic E-state index is 0. The van der Waals surface area contributed by atoms with Crippen LogP contribution in [0.15, 0.2) is 42.5 Å². The summed E-state index contributed by atoms with van der Waals surface area (Å²) in [4.78, 5) is 12.4. The second-order valence-corrected chi connectivity index (χ2v) is 5.51. The van der Waals surface area contributed by atoms with Gasteiger partial charge < -0.3 is 11.1 Å². The molecule has 0 bridgehead atoms. The Morgan fingerprint density at radius 3 is 2.50 bits per heavy atom. The Morgan fingerprint density at radius 1 is 1.05 bits per heavy atom. The number of benzene rings is 2. The third-order valence-electron chi connectivity index (χ3n) is 4.10. The summed E-state index contributed by atoms with van der Waals surface area (Å²) in [6.45, 7) is 0.494. The van der Waals surface area contributed by atoms with Crippen LogP contribution in [-0.4, -0.2) is 5.91 Å². The van der Waals surface area contributed by atoms with Crippen LogP contribution in [0.4, 0.5) is 5.69 Å². The zero-order chi connectivity index (χ0) is 14.7. The topological polar surface area (TPSA) is 55.1 Å². The fraction of sp³-hybridized carbons (Fsp3) is 0.278. The van der Waals surface area contributed by atoms with Crippen molar-refractivity contribution in [2.45, 2.75) is 32.2 Å². The Labute approximate surface area is 137 Å². The van der Waals surface area contributed by atoms with Gasteiger partial charge in [-0.05, 0) is 60.6 Å². The fourth-order valence-electron chi connectivity index (χ4n) is 2.89. The van der Waals surface area contributed by atoms with E-state index in [1.165, 1.54) is 24.0 Å². The van der Waals surface area contributed by atoms with Crippen LogP contribution in [0.5, 0.6) is 0 Å². The number of aryl methyl sites for hydroxylation is 1. The molecule has 0 fully saturated rings. The minimum Gasteiger partial charge on any atom is -0.326 e. The van der Waals surface area contributed by atoms with Gasteiger partial charge in [-0.3, -0.25) is 4.79 Å². The number of rotatable bonds is 3. The highest BCUT2D eigenvalue weighted by molar-refractivity contribution is 6.04. The first kappa shape index (κ1) is 16.5. The van der Waals surface area contributed by atoms with Crippen LogP contribution in [-0.2, 0) is 19.4 Å². The predicted octanol–water partition coefficient (Wildman–Crippen LogP) is 3.70. The molecule has 0 aliphatic heterocycles. The van der Waals surface area contributed by atoms with Crippen molar-refractivity contribution in [1.82, 2.24) is 0 Å². The molecule has 116 valence electrons. The number of hydrogen-bond donors (Lipinski definition) is 2. The van der Waals surface area contributed by atoms with Crippen molar-refractivity contribution in [3.05, 3.63) is 64.7 Å². The predicted molar refractivity (Wildman–Crippen MR) is 92.6 cm³/mol. The summed E-state index contributed by atoms with van der Waals surface area (Å²) in [7, 11) is 0. The minimum atomic E-state index is -0.0578. The van der Waals surface area contributed by atoms with Gasteiger partial charge >= 0.3 is 0 Å². The Kier molecular flexibility index (Phi) is 5.58. The van der Waals surface area contributed by atoms with Crippen molar-refractivity contribution in [3.63, 3.8) is 0 Å². The second kappa shape index (κ2) is 7.43. The molecule has 1 aliphatic rings. The van der Waals surface area contributed by atoms with Crippen molar-refractivity contribution < 1.29 is 4.79 Å². The maximum Gasteiger partial charge on any atom is 0.255 e. The summed E-state index contributed by atoms with van der Waals surface area (Å²) in [5, 5.41) is 3.05. The molecule has 0 saturated carbocycles. The maximum absolute atomic E-state index is 12.4. The summed E-state index contributed by atoms with van der Waals surface area (Å²) in [6, 6.07) is 13.6. The van der Waals surface area contributed by atoms with E-state index in [4.69, 9.17) is 5.73 Å². The summed E-state index contributed by atoms with van der Waals surface area (Å²) < 4.78 is 0. The zero-order valence-electron chi connectivity index (χ0n) is 12.5. The van der Waals surface area contributed by atoms with E-state index in [0.717, 1.165) is 24.1 Å². The van der Waals surface area contributed by atoms with Crippen LogP contribution in [0.3, 0.4) is 0 Å². The Morgan fingerprint density at radius 2 is 1.77 bits per heavy atom. The first-order valence-electron chi connectivity index (χ1n) is 7.49. The molecule has 3 rings (SSSR count). The van der Waals surface area contributed by atoms with Crippen LogP contribution in [0.2, 0.25) is 0 Å². The van der Waals surface area contributed by atoms with E-state index in [2.05, 4.69) is 11.4 Å². The third-order valence-corrected chi connectivity index (χ3v) is 4.10. The molecule has 2 aromatic rings. The summed E-state index contributed by atoms with van der Waals surface area (Å²) >= 11 is 0. The van der Waals surface area contributed by atoms with Crippen LogP contribution >= 0.6 is 12.4 Å². The number of nitrogens with one attached hydrogen (secondary N) is 1. The van der Waals surface area contributed by atoms with Gasteiger partial charge in [0.05, 0.1) is 0 Å². The number of nitrogens with two attached hydrogens (primary N) is 1. The number of amides is 1. The molecule has 3 N–H and O–H groups in total. The van der Waals surface area contributed by atoms with Crippen molar-refractivity contribution in [2.24, 2.45) is 5.73 Å². The smallest absolute Gasteiger partial charge is 0.255 e. The first-order chi connectivity index (χ1) is 10.3. The Bertz CT molecular complexity index is 653. The number of carbonyl (C=O) groups excluding carboxylic acids is 1. The lowest BCUT2D eigenvalue weighted by atomic mass is 9.90. The summed E-state index contributed by atoms with van der Waals surface area (Å²) in [6.07, 6.45) is 4.61. The van der Waals surface area contributed by atoms with E-state index < -0.39 is 0 Å². The Balaban J connectivity index is 0.00000176. The van der Waals surface area contributed by atoms with E-state index in [1.807, 2.05) is 36.4 Å². The second-order valence-electron chi connectivity index (χ2n) is 5.51. The number of fused-ring (bicyclic) bond motifs is 1. The molecule has 1 amide bonds. The fourth-order valence-corrected chi connectivity index (χ4v) is 2.89. The number of hydrogen-bond acceptors (Lipinski definition) is 2. The van der Waals surface area contributed by atoms with Crippen molar-refractivity contribution in [3.8, 4) is 0 Å². The quantitative estimate of drug-likeness (QED) is 0.907. The van der Waals surface area contributed by atoms with Gasteiger partial charge in [0, 0.05) is 17.8 Å². The molecular formula is C18H21ClN2O. The van der Waals surface area contributed by atoms with Gasteiger partial charge in [0.1, 0.15) is 0 Å². The Hall–Kier alpha value is -1.84. The highest BCUT2D eigenvalue weighted by atomic mass is 35.5. The third kappa shape index (κ3) is 3.49. The van der Waals surface area contributed by atoms with Crippen molar-refractivity contribution in [1.29, 1.82) is 0 Å². The van der Waals surface area contributed by atoms with Gasteiger partial charge in [-0.25, -0.2) is 0 Å². The first-order valence-corrected chi connectivity index (χ1v) is 7.49. The average Bonchev–Trinajstić information content (AvgIpc) is 2.55. The molecule has 0 unspecified atom stereocenters. The van der Waals surface area contributed by atoms with Gasteiger partial charge in [-0.15, -0.1) is 12.4 Å². The van der Waals surface area contributed by atoms with Gasteiger partial charge in [0.2, 0.25) is 0 Å². The molecule has 0 atom stereocenters. The van der Waals surface area contributed by atoms with E-state index in [1.54, 1.807) is 0 Å². The molecular weight excluding hydrogens is 296 g/mol. The lowest BCUT2D eigenvalue weighted by molar-refractivity contribution is 0.102. The largest absolute Gasteiger partial charge is 0.326 e. The van der Waals surface area contributed by atoms with Gasteiger partial charge in [0.15, 0.2) is 0 Å². The lowest BCUT2D eigenvalue weighted by Crippen LogP contribution is -2.15. The molecule has 0 spiro atoms. The summed E-state index contributed by atoms with van der Waals surface area (Å²) in [5.74, 6) is -0.0578. The van der Waals surface area contributed by atoms with E-state index in [-0.39, 0.29) is 18.3 Å². The van der Waals surface area contributed by atoms with Crippen LogP contribution in [0.1, 0.15) is 39.9 Å². The molecule has 2 aromatic carbocycles. The molecule has 0 radical (unpaired) electrons. The van der Waals surface area contributed by atoms with Crippen LogP contribution in [0, 0.1) is 0 Å². The number of halogens is 1. The highest BCUT2D eigenvalue weighted by Crippen LogP contribution is 2.28. The molecule has 0 aromatic heterocycles. The van der Waals surface area contributed by atoms with Crippen molar-refractivity contribution in [2.75, 3.05) is 5.32 Å². The summed E-state index contributed by atoms with van der Waals surface area (Å²) in [5.41, 5.74) is 10.9. The van der Waals surface area contributed by atoms with E-state index in [0.29, 0.717) is 12.1 Å². The molecule has 22 heavy (non-hydrogen) atoms. The van der Waals surface area contributed by atoms with Crippen molar-refractivity contribution >= 4 is 24.0 Å². The zero-order valence-corrected chi connectivity index (χ0v) is 13.3. The maximum atomic E-state index is 12.4. The van der Waals surface area contributed by atoms with Gasteiger partial charge in [0.25, 0.3) is 5.91 Å². The van der Waals surface area contributed by atoms with Gasteiger partial charge in [-0.2, -0.15) is 0 Å². The van der Waals surface area contributed by atoms with E-state index >= 15 is 0 Å². The standard InChI is InChI=1S/C18H20N2O.ClH/c19-12-13-8-10-15(11-9-13)18(21)20-17-7-3-5-14-4-1-2-6-16(14)17;/h3,5,7-11H,1-2,4,6,12,19H2,(H,20,21);1H. The van der Waals surface area contributed by atoms with E-state index in [9.17, 15) is 4.79 Å². The number of anilines is 1.